The number of nitrogens with two attached hydrogens (primary N) is 1. The molecule has 1 aliphatic carbocycles. The van der Waals surface area contributed by atoms with Crippen LogP contribution in [0.2, 0.25) is 0 Å². The molecule has 0 aliphatic heterocycles. The van der Waals surface area contributed by atoms with E-state index in [4.69, 9.17) is 10.8 Å². The summed E-state index contributed by atoms with van der Waals surface area (Å²) in [4.78, 5) is 11.3. The predicted molar refractivity (Wildman–Crippen MR) is 114 cm³/mol. The number of benzene rings is 2. The van der Waals surface area contributed by atoms with Gasteiger partial charge in [-0.1, -0.05) is 31.4 Å². The lowest BCUT2D eigenvalue weighted by Gasteiger charge is -2.24. The van der Waals surface area contributed by atoms with E-state index < -0.39 is 12.3 Å². The number of alkyl halides is 3. The van der Waals surface area contributed by atoms with Crippen LogP contribution in [0, 0.1) is 0 Å². The molecule has 0 radical (unpaired) electrons. The summed E-state index contributed by atoms with van der Waals surface area (Å²) in [5, 5.41) is 4.83. The van der Waals surface area contributed by atoms with E-state index in [1.54, 1.807) is 24.3 Å². The second-order valence-electron chi connectivity index (χ2n) is 8.07. The number of ether oxygens (including phenoxy) is 1. The molecule has 0 spiro atoms. The van der Waals surface area contributed by atoms with Gasteiger partial charge in [0.05, 0.1) is 11.7 Å². The monoisotopic (exact) mass is 443 g/mol. The van der Waals surface area contributed by atoms with Gasteiger partial charge in [0.15, 0.2) is 0 Å². The van der Waals surface area contributed by atoms with Gasteiger partial charge >= 0.3 is 6.36 Å². The Kier molecular flexibility index (Phi) is 6.21. The van der Waals surface area contributed by atoms with Crippen molar-refractivity contribution in [2.24, 2.45) is 5.73 Å². The lowest BCUT2D eigenvalue weighted by atomic mass is 9.95. The number of carbonyl (C=O) groups excluding carboxylic acids is 1. The minimum atomic E-state index is -4.72. The molecule has 32 heavy (non-hydrogen) atoms. The average molecular weight is 443 g/mol. The number of hydrogen-bond acceptors (Lipinski definition) is 3. The third kappa shape index (κ3) is 5.30. The Balaban J connectivity index is 1.62. The summed E-state index contributed by atoms with van der Waals surface area (Å²) in [5.41, 5.74) is 9.25. The number of rotatable bonds is 6. The van der Waals surface area contributed by atoms with E-state index in [9.17, 15) is 18.0 Å². The van der Waals surface area contributed by atoms with E-state index in [0.29, 0.717) is 23.7 Å². The molecule has 168 valence electrons. The van der Waals surface area contributed by atoms with Crippen molar-refractivity contribution < 1.29 is 22.7 Å². The number of aromatic nitrogens is 2. The van der Waals surface area contributed by atoms with Crippen LogP contribution in [0.25, 0.3) is 11.3 Å². The van der Waals surface area contributed by atoms with E-state index in [2.05, 4.69) is 9.42 Å². The van der Waals surface area contributed by atoms with E-state index in [-0.39, 0.29) is 5.75 Å². The van der Waals surface area contributed by atoms with Gasteiger partial charge in [0.1, 0.15) is 5.75 Å². The Morgan fingerprint density at radius 2 is 1.69 bits per heavy atom. The molecule has 2 N–H and O–H groups in total. The third-order valence-electron chi connectivity index (χ3n) is 5.74. The first-order valence-electron chi connectivity index (χ1n) is 10.6. The van der Waals surface area contributed by atoms with Crippen molar-refractivity contribution in [1.82, 2.24) is 9.78 Å². The van der Waals surface area contributed by atoms with Crippen molar-refractivity contribution in [3.63, 3.8) is 0 Å². The molecule has 4 rings (SSSR count). The molecule has 0 saturated heterocycles. The van der Waals surface area contributed by atoms with Gasteiger partial charge in [-0.05, 0) is 60.9 Å². The second kappa shape index (κ2) is 9.06. The summed E-state index contributed by atoms with van der Waals surface area (Å²) in [6.45, 7) is 0. The summed E-state index contributed by atoms with van der Waals surface area (Å²) >= 11 is 0. The number of amides is 1. The molecule has 1 amide bonds. The van der Waals surface area contributed by atoms with Gasteiger partial charge in [-0.15, -0.1) is 13.2 Å². The first kappa shape index (κ1) is 21.9. The molecule has 3 aromatic rings. The Morgan fingerprint density at radius 1 is 1.03 bits per heavy atom. The first-order valence-corrected chi connectivity index (χ1v) is 10.6. The second-order valence-corrected chi connectivity index (χ2v) is 8.07. The Hall–Kier alpha value is -3.29. The Morgan fingerprint density at radius 3 is 2.28 bits per heavy atom. The van der Waals surface area contributed by atoms with E-state index >= 15 is 0 Å². The largest absolute Gasteiger partial charge is 0.573 e. The molecule has 1 aromatic heterocycles. The number of hydrogen-bond donors (Lipinski definition) is 1. The van der Waals surface area contributed by atoms with Crippen molar-refractivity contribution in [2.75, 3.05) is 0 Å². The normalized spacial score (nSPS) is 15.0. The van der Waals surface area contributed by atoms with Crippen molar-refractivity contribution in [3.05, 3.63) is 71.4 Å². The maximum Gasteiger partial charge on any atom is 0.573 e. The molecular weight excluding hydrogens is 419 g/mol. The van der Waals surface area contributed by atoms with Crippen LogP contribution in [0.3, 0.4) is 0 Å². The van der Waals surface area contributed by atoms with Gasteiger partial charge in [-0.2, -0.15) is 5.10 Å². The fourth-order valence-corrected chi connectivity index (χ4v) is 4.17. The fraction of sp³-hybridized carbons (Fsp3) is 0.333. The highest BCUT2D eigenvalue weighted by atomic mass is 19.4. The minimum Gasteiger partial charge on any atom is -0.406 e. The first-order chi connectivity index (χ1) is 15.3. The summed E-state index contributed by atoms with van der Waals surface area (Å²) in [5.74, 6) is -0.730. The van der Waals surface area contributed by atoms with Crippen molar-refractivity contribution in [2.45, 2.75) is 50.9 Å². The predicted octanol–water partition coefficient (Wildman–Crippen LogP) is 5.64. The molecule has 8 heteroatoms. The lowest BCUT2D eigenvalue weighted by molar-refractivity contribution is -0.274. The van der Waals surface area contributed by atoms with E-state index in [1.165, 1.54) is 18.6 Å². The van der Waals surface area contributed by atoms with Gasteiger partial charge in [0, 0.05) is 23.2 Å². The molecule has 1 fully saturated rings. The van der Waals surface area contributed by atoms with Crippen LogP contribution in [0.1, 0.15) is 59.8 Å². The zero-order valence-electron chi connectivity index (χ0n) is 17.4. The average Bonchev–Trinajstić information content (AvgIpc) is 3.18. The highest BCUT2D eigenvalue weighted by Gasteiger charge is 2.31. The SMILES string of the molecule is NC(=O)c1ccc(Cc2cc(-c3ccc(OC(F)(F)F)cc3)nn2C2CCCCC2)cc1. The Labute approximate surface area is 184 Å². The smallest absolute Gasteiger partial charge is 0.406 e. The van der Waals surface area contributed by atoms with Gasteiger partial charge in [-0.25, -0.2) is 0 Å². The maximum absolute atomic E-state index is 12.4. The molecule has 1 aliphatic rings. The van der Waals surface area contributed by atoms with Crippen molar-refractivity contribution >= 4 is 5.91 Å². The molecule has 0 bridgehead atoms. The van der Waals surface area contributed by atoms with Crippen LogP contribution in [0.5, 0.6) is 5.75 Å². The molecule has 5 nitrogen and oxygen atoms in total. The van der Waals surface area contributed by atoms with E-state index in [1.807, 2.05) is 18.2 Å². The summed E-state index contributed by atoms with van der Waals surface area (Å²) < 4.78 is 43.3. The van der Waals surface area contributed by atoms with Crippen LogP contribution in [-0.2, 0) is 6.42 Å². The van der Waals surface area contributed by atoms with Gasteiger partial charge in [-0.3, -0.25) is 9.48 Å². The number of nitrogens with zero attached hydrogens (tertiary/aromatic N) is 2. The van der Waals surface area contributed by atoms with E-state index in [0.717, 1.165) is 42.5 Å². The lowest BCUT2D eigenvalue weighted by Crippen LogP contribution is -2.17. The van der Waals surface area contributed by atoms with Gasteiger partial charge < -0.3 is 10.5 Å². The number of carbonyl (C=O) groups is 1. The number of halogens is 3. The summed E-state index contributed by atoms with van der Waals surface area (Å²) in [7, 11) is 0. The third-order valence-corrected chi connectivity index (χ3v) is 5.74. The van der Waals surface area contributed by atoms with Crippen LogP contribution in [0.15, 0.2) is 54.6 Å². The van der Waals surface area contributed by atoms with Gasteiger partial charge in [0.25, 0.3) is 0 Å². The molecule has 0 unspecified atom stereocenters. The summed E-state index contributed by atoms with van der Waals surface area (Å²) in [6.07, 6.45) is 1.51. The molecule has 2 aromatic carbocycles. The highest BCUT2D eigenvalue weighted by molar-refractivity contribution is 5.92. The zero-order valence-corrected chi connectivity index (χ0v) is 17.4. The molecule has 1 saturated carbocycles. The van der Waals surface area contributed by atoms with Crippen LogP contribution in [-0.4, -0.2) is 22.1 Å². The molecule has 1 heterocycles. The zero-order chi connectivity index (χ0) is 22.7. The molecular formula is C24H24F3N3O2. The van der Waals surface area contributed by atoms with Crippen LogP contribution >= 0.6 is 0 Å². The fourth-order valence-electron chi connectivity index (χ4n) is 4.17. The topological polar surface area (TPSA) is 70.1 Å². The Bertz CT molecular complexity index is 1070. The summed E-state index contributed by atoms with van der Waals surface area (Å²) in [6, 6.07) is 15.2. The quantitative estimate of drug-likeness (QED) is 0.536. The molecule has 0 atom stereocenters. The minimum absolute atomic E-state index is 0.261. The maximum atomic E-state index is 12.4. The van der Waals surface area contributed by atoms with Crippen molar-refractivity contribution in [3.8, 4) is 17.0 Å². The number of primary amides is 1. The highest BCUT2D eigenvalue weighted by Crippen LogP contribution is 2.32. The van der Waals surface area contributed by atoms with Crippen LogP contribution in [0.4, 0.5) is 13.2 Å². The van der Waals surface area contributed by atoms with Crippen molar-refractivity contribution in [1.29, 1.82) is 0 Å². The van der Waals surface area contributed by atoms with Gasteiger partial charge in [0.2, 0.25) is 5.91 Å². The van der Waals surface area contributed by atoms with Crippen LogP contribution < -0.4 is 10.5 Å². The standard InChI is InChI=1S/C24H24F3N3O2/c25-24(26,27)32-21-12-10-17(11-13-21)22-15-20(30(29-22)19-4-2-1-3-5-19)14-16-6-8-18(9-7-16)23(28)31/h6-13,15,19H,1-5,14H2,(H2,28,31).